The molecular weight excluding hydrogens is 411 g/mol. The van der Waals surface area contributed by atoms with Crippen LogP contribution in [0.25, 0.3) is 0 Å². The molecule has 0 N–H and O–H groups in total. The molecule has 29 heavy (non-hydrogen) atoms. The van der Waals surface area contributed by atoms with Crippen LogP contribution in [-0.4, -0.2) is 32.0 Å². The Hall–Kier alpha value is -2.62. The molecule has 0 fully saturated rings. The van der Waals surface area contributed by atoms with Crippen molar-refractivity contribution in [2.45, 2.75) is 25.9 Å². The van der Waals surface area contributed by atoms with Crippen LogP contribution in [0.5, 0.6) is 11.5 Å². The second-order valence-corrected chi connectivity index (χ2v) is 8.41. The van der Waals surface area contributed by atoms with Crippen LogP contribution in [0.15, 0.2) is 30.5 Å². The van der Waals surface area contributed by atoms with Gasteiger partial charge in [-0.15, -0.1) is 0 Å². The van der Waals surface area contributed by atoms with Gasteiger partial charge in [-0.05, 0) is 43.2 Å². The van der Waals surface area contributed by atoms with Crippen LogP contribution >= 0.6 is 0 Å². The Bertz CT molecular complexity index is 1050. The first-order chi connectivity index (χ1) is 13.6. The molecule has 0 amide bonds. The number of Topliss-reactive ketones (excluding diaryl/α,β-unsaturated/α-hetero) is 1. The molecule has 0 saturated heterocycles. The van der Waals surface area contributed by atoms with Crippen molar-refractivity contribution in [2.75, 3.05) is 12.9 Å². The van der Waals surface area contributed by atoms with Crippen molar-refractivity contribution in [1.82, 2.24) is 4.98 Å². The van der Waals surface area contributed by atoms with Crippen LogP contribution in [0, 0.1) is 5.92 Å². The molecule has 1 atom stereocenters. The Morgan fingerprint density at radius 3 is 2.59 bits per heavy atom. The molecule has 0 saturated carbocycles. The van der Waals surface area contributed by atoms with E-state index in [9.17, 15) is 26.4 Å². The number of carbonyl (C=O) groups excluding carboxylic acids is 1. The predicted molar refractivity (Wildman–Crippen MR) is 97.6 cm³/mol. The first kappa shape index (κ1) is 21.1. The lowest BCUT2D eigenvalue weighted by Crippen LogP contribution is -2.17. The van der Waals surface area contributed by atoms with E-state index in [1.807, 2.05) is 0 Å². The van der Waals surface area contributed by atoms with Crippen LogP contribution in [0.3, 0.4) is 0 Å². The van der Waals surface area contributed by atoms with Gasteiger partial charge in [-0.2, -0.15) is 21.6 Å². The van der Waals surface area contributed by atoms with Crippen molar-refractivity contribution >= 4 is 15.9 Å². The highest BCUT2D eigenvalue weighted by Crippen LogP contribution is 2.39. The summed E-state index contributed by atoms with van der Waals surface area (Å²) < 4.78 is 73.3. The number of nitrogens with zero attached hydrogens (tertiary/aromatic N) is 1. The summed E-state index contributed by atoms with van der Waals surface area (Å²) in [6.07, 6.45) is -3.36. The lowest BCUT2D eigenvalue weighted by molar-refractivity contribution is -0.138. The van der Waals surface area contributed by atoms with Gasteiger partial charge >= 0.3 is 16.3 Å². The largest absolute Gasteiger partial charge is 0.493 e. The maximum atomic E-state index is 13.2. The average Bonchev–Trinajstić information content (AvgIpc) is 2.95. The number of alkyl halides is 3. The maximum absolute atomic E-state index is 13.2. The molecular formula is C19H18F3NO5S. The fourth-order valence-electron chi connectivity index (χ4n) is 3.26. The van der Waals surface area contributed by atoms with Crippen molar-refractivity contribution in [3.63, 3.8) is 0 Å². The number of methoxy groups -OCH3 is 1. The number of ether oxygens (including phenoxy) is 1. The van der Waals surface area contributed by atoms with Crippen LogP contribution in [0.1, 0.15) is 34.1 Å². The maximum Gasteiger partial charge on any atom is 0.418 e. The van der Waals surface area contributed by atoms with Gasteiger partial charge in [0, 0.05) is 24.1 Å². The Labute approximate surface area is 165 Å². The fourth-order valence-corrected chi connectivity index (χ4v) is 3.78. The second-order valence-electron chi connectivity index (χ2n) is 6.55. The molecule has 0 radical (unpaired) electrons. The van der Waals surface area contributed by atoms with Gasteiger partial charge in [-0.25, -0.2) is 0 Å². The smallest absolute Gasteiger partial charge is 0.418 e. The van der Waals surface area contributed by atoms with Crippen LogP contribution in [0.2, 0.25) is 0 Å². The number of pyridine rings is 1. The minimum atomic E-state index is -4.57. The molecule has 2 aromatic rings. The quantitative estimate of drug-likeness (QED) is 0.655. The van der Waals surface area contributed by atoms with Crippen LogP contribution < -0.4 is 8.92 Å². The summed E-state index contributed by atoms with van der Waals surface area (Å²) in [6, 6.07) is 4.88. The predicted octanol–water partition coefficient (Wildman–Crippen LogP) is 3.44. The zero-order valence-electron chi connectivity index (χ0n) is 15.6. The lowest BCUT2D eigenvalue weighted by atomic mass is 9.96. The number of rotatable bonds is 6. The molecule has 0 bridgehead atoms. The van der Waals surface area contributed by atoms with Crippen molar-refractivity contribution in [1.29, 1.82) is 0 Å². The Morgan fingerprint density at radius 2 is 1.97 bits per heavy atom. The molecule has 0 spiro atoms. The summed E-state index contributed by atoms with van der Waals surface area (Å²) in [5.74, 6) is -1.35. The average molecular weight is 429 g/mol. The third-order valence-electron chi connectivity index (χ3n) is 4.70. The van der Waals surface area contributed by atoms with E-state index in [1.165, 1.54) is 38.4 Å². The van der Waals surface area contributed by atoms with E-state index >= 15 is 0 Å². The lowest BCUT2D eigenvalue weighted by Gasteiger charge is -2.13. The number of ketones is 1. The summed E-state index contributed by atoms with van der Waals surface area (Å²) in [7, 11) is -2.52. The van der Waals surface area contributed by atoms with Crippen LogP contribution in [-0.2, 0) is 29.1 Å². The van der Waals surface area contributed by atoms with Crippen molar-refractivity contribution in [2.24, 2.45) is 5.92 Å². The number of benzene rings is 1. The summed E-state index contributed by atoms with van der Waals surface area (Å²) in [6.45, 7) is 1.42. The molecule has 6 nitrogen and oxygen atoms in total. The van der Waals surface area contributed by atoms with Gasteiger partial charge in [0.15, 0.2) is 17.3 Å². The molecule has 3 rings (SSSR count). The summed E-state index contributed by atoms with van der Waals surface area (Å²) >= 11 is 0. The minimum Gasteiger partial charge on any atom is -0.493 e. The molecule has 1 heterocycles. The standard InChI is InChI=1S/C19H18F3NO5S/c1-3-29(25,26)28-17-9-11-7-12(18(24)13(11)10-16(17)27-2)8-15-14(19(20,21)22)5-4-6-23-15/h4-6,9-10,12H,3,7-8H2,1-2H3. The Morgan fingerprint density at radius 1 is 1.24 bits per heavy atom. The van der Waals surface area contributed by atoms with E-state index in [-0.39, 0.29) is 47.1 Å². The van der Waals surface area contributed by atoms with Gasteiger partial charge in [-0.3, -0.25) is 9.78 Å². The molecule has 1 aliphatic carbocycles. The minimum absolute atomic E-state index is 0.0589. The zero-order valence-corrected chi connectivity index (χ0v) is 16.4. The first-order valence-electron chi connectivity index (χ1n) is 8.74. The molecule has 0 aliphatic heterocycles. The second kappa shape index (κ2) is 7.66. The topological polar surface area (TPSA) is 82.6 Å². The zero-order chi connectivity index (χ0) is 21.4. The summed E-state index contributed by atoms with van der Waals surface area (Å²) in [5.41, 5.74) is -0.313. The van der Waals surface area contributed by atoms with Gasteiger partial charge in [0.2, 0.25) is 0 Å². The van der Waals surface area contributed by atoms with E-state index in [2.05, 4.69) is 4.98 Å². The van der Waals surface area contributed by atoms with Gasteiger partial charge in [0.25, 0.3) is 0 Å². The van der Waals surface area contributed by atoms with Crippen LogP contribution in [0.4, 0.5) is 13.2 Å². The summed E-state index contributed by atoms with van der Waals surface area (Å²) in [4.78, 5) is 16.6. The third-order valence-corrected chi connectivity index (χ3v) is 5.84. The monoisotopic (exact) mass is 429 g/mol. The van der Waals surface area contributed by atoms with Crippen molar-refractivity contribution in [3.8, 4) is 11.5 Å². The van der Waals surface area contributed by atoms with E-state index in [0.717, 1.165) is 6.07 Å². The fraction of sp³-hybridized carbons (Fsp3) is 0.368. The number of hydrogen-bond acceptors (Lipinski definition) is 6. The number of carbonyl (C=O) groups is 1. The third kappa shape index (κ3) is 4.36. The Kier molecular flexibility index (Phi) is 5.57. The molecule has 1 aromatic carbocycles. The van der Waals surface area contributed by atoms with E-state index in [1.54, 1.807) is 0 Å². The SMILES string of the molecule is CCS(=O)(=O)Oc1cc2c(cc1OC)C(=O)C(Cc1ncccc1C(F)(F)F)C2. The van der Waals surface area contributed by atoms with Gasteiger partial charge in [-0.1, -0.05) is 0 Å². The van der Waals surface area contributed by atoms with Crippen molar-refractivity contribution in [3.05, 3.63) is 52.8 Å². The number of aromatic nitrogens is 1. The van der Waals surface area contributed by atoms with Gasteiger partial charge < -0.3 is 8.92 Å². The molecule has 156 valence electrons. The molecule has 10 heteroatoms. The normalized spacial score (nSPS) is 16.6. The van der Waals surface area contributed by atoms with E-state index < -0.39 is 27.8 Å². The van der Waals surface area contributed by atoms with Gasteiger partial charge in [0.1, 0.15) is 0 Å². The Balaban J connectivity index is 1.92. The highest BCUT2D eigenvalue weighted by Gasteiger charge is 2.38. The van der Waals surface area contributed by atoms with E-state index in [4.69, 9.17) is 8.92 Å². The molecule has 1 unspecified atom stereocenters. The highest BCUT2D eigenvalue weighted by molar-refractivity contribution is 7.87. The highest BCUT2D eigenvalue weighted by atomic mass is 32.2. The number of fused-ring (bicyclic) bond motifs is 1. The van der Waals surface area contributed by atoms with Crippen molar-refractivity contribution < 1.29 is 35.3 Å². The number of halogens is 3. The summed E-state index contributed by atoms with van der Waals surface area (Å²) in [5, 5.41) is 0. The van der Waals surface area contributed by atoms with E-state index in [0.29, 0.717) is 5.56 Å². The number of hydrogen-bond donors (Lipinski definition) is 0. The van der Waals surface area contributed by atoms with Gasteiger partial charge in [0.05, 0.1) is 24.1 Å². The molecule has 1 aliphatic rings. The molecule has 1 aromatic heterocycles. The first-order valence-corrected chi connectivity index (χ1v) is 10.3.